The zero-order valence-corrected chi connectivity index (χ0v) is 12.3. The number of ether oxygens (including phenoxy) is 1. The molecule has 0 saturated carbocycles. The molecule has 0 aliphatic rings. The molecule has 114 valence electrons. The summed E-state index contributed by atoms with van der Waals surface area (Å²) in [5.74, 6) is 0.195. The summed E-state index contributed by atoms with van der Waals surface area (Å²) in [4.78, 5) is 12.6. The number of anilines is 1. The van der Waals surface area contributed by atoms with Crippen molar-refractivity contribution >= 4 is 33.5 Å². The summed E-state index contributed by atoms with van der Waals surface area (Å²) < 4.78 is 11.0. The maximum absolute atomic E-state index is 12.6. The molecule has 0 atom stereocenters. The number of fused-ring (bicyclic) bond motifs is 2. The number of nitrogens with zero attached hydrogens (tertiary/aromatic N) is 1. The predicted octanol–water partition coefficient (Wildman–Crippen LogP) is 3.57. The van der Waals surface area contributed by atoms with E-state index in [0.29, 0.717) is 17.0 Å². The minimum Gasteiger partial charge on any atom is -0.492 e. The van der Waals surface area contributed by atoms with Crippen LogP contribution in [0.2, 0.25) is 0 Å². The number of amides is 1. The van der Waals surface area contributed by atoms with Gasteiger partial charge in [0.15, 0.2) is 5.75 Å². The third-order valence-corrected chi connectivity index (χ3v) is 3.69. The number of hydrogen-bond acceptors (Lipinski definition) is 4. The summed E-state index contributed by atoms with van der Waals surface area (Å²) in [6.07, 6.45) is 1.70. The molecule has 0 saturated heterocycles. The quantitative estimate of drug-likeness (QED) is 0.606. The van der Waals surface area contributed by atoms with Gasteiger partial charge in [0.2, 0.25) is 5.76 Å². The van der Waals surface area contributed by atoms with Crippen LogP contribution in [0.1, 0.15) is 10.6 Å². The number of para-hydroxylation sites is 2. The summed E-state index contributed by atoms with van der Waals surface area (Å²) in [6.45, 7) is 0. The number of rotatable bonds is 3. The van der Waals surface area contributed by atoms with Gasteiger partial charge in [-0.2, -0.15) is 5.10 Å². The maximum atomic E-state index is 12.6. The summed E-state index contributed by atoms with van der Waals surface area (Å²) in [6, 6.07) is 12.9. The standard InChI is InChI=1S/C17H13N3O3/c1-22-15-11-6-2-3-8-13(11)23-16(15)17(21)19-12-7-4-5-10-9-18-20-14(10)12/h2-9H,1H3,(H,18,20)(H,19,21). The monoisotopic (exact) mass is 307 g/mol. The SMILES string of the molecule is COc1c(C(=O)Nc2cccc3cn[nH]c23)oc2ccccc12. The average Bonchev–Trinajstić information content (AvgIpc) is 3.19. The van der Waals surface area contributed by atoms with Crippen molar-refractivity contribution in [3.63, 3.8) is 0 Å². The third kappa shape index (κ3) is 2.12. The van der Waals surface area contributed by atoms with Crippen molar-refractivity contribution in [3.8, 4) is 5.75 Å². The van der Waals surface area contributed by atoms with E-state index in [4.69, 9.17) is 9.15 Å². The van der Waals surface area contributed by atoms with Crippen molar-refractivity contribution in [1.29, 1.82) is 0 Å². The number of carbonyl (C=O) groups excluding carboxylic acids is 1. The molecule has 6 heteroatoms. The highest BCUT2D eigenvalue weighted by Crippen LogP contribution is 2.33. The number of H-pyrrole nitrogens is 1. The molecule has 0 radical (unpaired) electrons. The summed E-state index contributed by atoms with van der Waals surface area (Å²) in [5, 5.41) is 11.4. The topological polar surface area (TPSA) is 80.1 Å². The largest absolute Gasteiger partial charge is 0.492 e. The Balaban J connectivity index is 1.76. The van der Waals surface area contributed by atoms with Crippen LogP contribution in [0.5, 0.6) is 5.75 Å². The second-order valence-corrected chi connectivity index (χ2v) is 5.05. The van der Waals surface area contributed by atoms with Gasteiger partial charge >= 0.3 is 0 Å². The molecule has 4 aromatic rings. The predicted molar refractivity (Wildman–Crippen MR) is 86.8 cm³/mol. The Bertz CT molecular complexity index is 1020. The van der Waals surface area contributed by atoms with Gasteiger partial charge in [-0.25, -0.2) is 0 Å². The molecule has 6 nitrogen and oxygen atoms in total. The molecular formula is C17H13N3O3. The molecule has 0 fully saturated rings. The molecule has 23 heavy (non-hydrogen) atoms. The molecule has 0 bridgehead atoms. The van der Waals surface area contributed by atoms with Crippen LogP contribution in [0.3, 0.4) is 0 Å². The van der Waals surface area contributed by atoms with Gasteiger partial charge in [0.1, 0.15) is 5.58 Å². The second kappa shape index (κ2) is 5.17. The smallest absolute Gasteiger partial charge is 0.295 e. The molecule has 2 aromatic heterocycles. The van der Waals surface area contributed by atoms with Crippen LogP contribution in [-0.4, -0.2) is 23.2 Å². The van der Waals surface area contributed by atoms with Crippen molar-refractivity contribution in [3.05, 3.63) is 54.4 Å². The van der Waals surface area contributed by atoms with Gasteiger partial charge < -0.3 is 14.5 Å². The Morgan fingerprint density at radius 2 is 2.09 bits per heavy atom. The van der Waals surface area contributed by atoms with Crippen LogP contribution in [0.15, 0.2) is 53.1 Å². The van der Waals surface area contributed by atoms with E-state index >= 15 is 0 Å². The number of aromatic nitrogens is 2. The fourth-order valence-corrected chi connectivity index (χ4v) is 2.63. The lowest BCUT2D eigenvalue weighted by Crippen LogP contribution is -2.12. The average molecular weight is 307 g/mol. The molecule has 1 amide bonds. The van der Waals surface area contributed by atoms with Crippen molar-refractivity contribution in [2.75, 3.05) is 12.4 Å². The first-order valence-corrected chi connectivity index (χ1v) is 7.07. The lowest BCUT2D eigenvalue weighted by Gasteiger charge is -2.05. The fourth-order valence-electron chi connectivity index (χ4n) is 2.63. The van der Waals surface area contributed by atoms with Gasteiger partial charge in [0, 0.05) is 5.39 Å². The van der Waals surface area contributed by atoms with Gasteiger partial charge in [-0.1, -0.05) is 24.3 Å². The van der Waals surface area contributed by atoms with E-state index in [2.05, 4.69) is 15.5 Å². The van der Waals surface area contributed by atoms with Crippen LogP contribution in [0, 0.1) is 0 Å². The number of methoxy groups -OCH3 is 1. The Kier molecular flexibility index (Phi) is 3.01. The van der Waals surface area contributed by atoms with E-state index in [-0.39, 0.29) is 11.7 Å². The summed E-state index contributed by atoms with van der Waals surface area (Å²) >= 11 is 0. The second-order valence-electron chi connectivity index (χ2n) is 5.05. The molecule has 4 rings (SSSR count). The Morgan fingerprint density at radius 3 is 2.96 bits per heavy atom. The molecular weight excluding hydrogens is 294 g/mol. The molecule has 2 aromatic carbocycles. The fraction of sp³-hybridized carbons (Fsp3) is 0.0588. The molecule has 0 aliphatic carbocycles. The minimum absolute atomic E-state index is 0.144. The Hall–Kier alpha value is -3.28. The third-order valence-electron chi connectivity index (χ3n) is 3.69. The van der Waals surface area contributed by atoms with Crippen molar-refractivity contribution < 1.29 is 13.9 Å². The number of furan rings is 1. The normalized spacial score (nSPS) is 11.0. The first kappa shape index (κ1) is 13.4. The molecule has 0 unspecified atom stereocenters. The van der Waals surface area contributed by atoms with E-state index in [1.807, 2.05) is 30.3 Å². The van der Waals surface area contributed by atoms with Crippen molar-refractivity contribution in [2.24, 2.45) is 0 Å². The zero-order valence-electron chi connectivity index (χ0n) is 12.3. The van der Waals surface area contributed by atoms with Crippen molar-refractivity contribution in [1.82, 2.24) is 10.2 Å². The van der Waals surface area contributed by atoms with Crippen LogP contribution >= 0.6 is 0 Å². The van der Waals surface area contributed by atoms with Crippen LogP contribution in [0.4, 0.5) is 5.69 Å². The van der Waals surface area contributed by atoms with Gasteiger partial charge in [-0.15, -0.1) is 0 Å². The van der Waals surface area contributed by atoms with E-state index in [9.17, 15) is 4.79 Å². The molecule has 2 heterocycles. The van der Waals surface area contributed by atoms with Gasteiger partial charge in [0.25, 0.3) is 5.91 Å². The maximum Gasteiger partial charge on any atom is 0.295 e. The summed E-state index contributed by atoms with van der Waals surface area (Å²) in [5.41, 5.74) is 2.00. The van der Waals surface area contributed by atoms with E-state index in [1.165, 1.54) is 7.11 Å². The first-order chi connectivity index (χ1) is 11.3. The van der Waals surface area contributed by atoms with Gasteiger partial charge in [-0.3, -0.25) is 9.89 Å². The number of carbonyl (C=O) groups is 1. The van der Waals surface area contributed by atoms with Crippen LogP contribution in [-0.2, 0) is 0 Å². The molecule has 2 N–H and O–H groups in total. The summed E-state index contributed by atoms with van der Waals surface area (Å²) in [7, 11) is 1.52. The van der Waals surface area contributed by atoms with E-state index < -0.39 is 0 Å². The zero-order chi connectivity index (χ0) is 15.8. The number of benzene rings is 2. The van der Waals surface area contributed by atoms with Gasteiger partial charge in [0.05, 0.1) is 29.9 Å². The minimum atomic E-state index is -0.375. The lowest BCUT2D eigenvalue weighted by atomic mass is 10.2. The Labute approximate surface area is 131 Å². The Morgan fingerprint density at radius 1 is 1.22 bits per heavy atom. The number of nitrogens with one attached hydrogen (secondary N) is 2. The highest BCUT2D eigenvalue weighted by Gasteiger charge is 2.22. The van der Waals surface area contributed by atoms with Crippen LogP contribution < -0.4 is 10.1 Å². The highest BCUT2D eigenvalue weighted by molar-refractivity contribution is 6.10. The van der Waals surface area contributed by atoms with Gasteiger partial charge in [-0.05, 0) is 18.2 Å². The van der Waals surface area contributed by atoms with E-state index in [0.717, 1.165) is 16.3 Å². The van der Waals surface area contributed by atoms with Crippen LogP contribution in [0.25, 0.3) is 21.9 Å². The van der Waals surface area contributed by atoms with Crippen molar-refractivity contribution in [2.45, 2.75) is 0 Å². The highest BCUT2D eigenvalue weighted by atomic mass is 16.5. The molecule has 0 aliphatic heterocycles. The number of aromatic amines is 1. The first-order valence-electron chi connectivity index (χ1n) is 7.07. The number of hydrogen-bond donors (Lipinski definition) is 2. The lowest BCUT2D eigenvalue weighted by molar-refractivity contribution is 0.0995. The van der Waals surface area contributed by atoms with E-state index in [1.54, 1.807) is 18.3 Å². The molecule has 0 spiro atoms.